The molecule has 4 saturated heterocycles. The maximum absolute atomic E-state index is 6.77. The summed E-state index contributed by atoms with van der Waals surface area (Å²) in [6.07, 6.45) is 0. The summed E-state index contributed by atoms with van der Waals surface area (Å²) < 4.78 is 91.3. The fraction of sp³-hybridized carbons (Fsp3) is 1.00. The molecular formula is C8H28O14Si12. The van der Waals surface area contributed by atoms with E-state index in [0.717, 1.165) is 0 Å². The number of hydrogen-bond acceptors (Lipinski definition) is 14. The van der Waals surface area contributed by atoms with Crippen LogP contribution in [0.25, 0.3) is 0 Å². The van der Waals surface area contributed by atoms with Crippen molar-refractivity contribution in [1.29, 1.82) is 0 Å². The Kier molecular flexibility index (Phi) is 8.04. The highest BCUT2D eigenvalue weighted by Gasteiger charge is 2.84. The van der Waals surface area contributed by atoms with Crippen molar-refractivity contribution in [3.05, 3.63) is 0 Å². The van der Waals surface area contributed by atoms with Crippen molar-refractivity contribution in [2.24, 2.45) is 0 Å². The van der Waals surface area contributed by atoms with E-state index in [1.54, 1.807) is 0 Å². The van der Waals surface area contributed by atoms with Gasteiger partial charge in [0.1, 0.15) is 0 Å². The van der Waals surface area contributed by atoms with E-state index in [-0.39, 0.29) is 0 Å². The third-order valence-corrected chi connectivity index (χ3v) is 51.0. The van der Waals surface area contributed by atoms with Gasteiger partial charge in [-0.3, -0.25) is 0 Å². The minimum absolute atomic E-state index is 1.37. The van der Waals surface area contributed by atoms with Crippen LogP contribution >= 0.6 is 0 Å². The fourth-order valence-electron chi connectivity index (χ4n) is 3.66. The molecule has 4 aliphatic rings. The van der Waals surface area contributed by atoms with Gasteiger partial charge in [-0.05, 0) is 52.4 Å². The van der Waals surface area contributed by atoms with Crippen molar-refractivity contribution >= 4 is 108 Å². The van der Waals surface area contributed by atoms with Gasteiger partial charge in [-0.2, -0.15) is 0 Å². The molecule has 26 heteroatoms. The van der Waals surface area contributed by atoms with Crippen LogP contribution in [0.5, 0.6) is 0 Å². The lowest BCUT2D eigenvalue weighted by atomic mass is 11.9. The largest absolute Gasteiger partial charge is 0.646 e. The zero-order valence-corrected chi connectivity index (χ0v) is 32.6. The van der Waals surface area contributed by atoms with Crippen molar-refractivity contribution < 1.29 is 57.6 Å². The second-order valence-corrected chi connectivity index (χ2v) is 42.7. The Labute approximate surface area is 216 Å². The average Bonchev–Trinajstić information content (AvgIpc) is 2.91. The number of hydrogen-bond donors (Lipinski definition) is 0. The lowest BCUT2D eigenvalue weighted by molar-refractivity contribution is 0.0390. The van der Waals surface area contributed by atoms with Gasteiger partial charge in [0.2, 0.25) is 0 Å². The first kappa shape index (κ1) is 27.6. The molecule has 0 aromatic heterocycles. The van der Waals surface area contributed by atoms with Gasteiger partial charge in [-0.15, -0.1) is 0 Å². The highest BCUT2D eigenvalue weighted by Crippen LogP contribution is 2.45. The van der Waals surface area contributed by atoms with Gasteiger partial charge in [-0.25, -0.2) is 0 Å². The van der Waals surface area contributed by atoms with Gasteiger partial charge >= 0.3 is 71.4 Å². The van der Waals surface area contributed by atoms with Gasteiger partial charge in [0.05, 0.1) is 0 Å². The van der Waals surface area contributed by atoms with E-state index in [9.17, 15) is 0 Å². The smallest absolute Gasteiger partial charge is 0.416 e. The number of fused-ring (bicyclic) bond motifs is 6. The molecule has 0 atom stereocenters. The van der Waals surface area contributed by atoms with Crippen LogP contribution in [0, 0.1) is 0 Å². The summed E-state index contributed by atoms with van der Waals surface area (Å²) in [6.45, 7) is 15.8. The van der Waals surface area contributed by atoms with Crippen LogP contribution in [0.3, 0.4) is 0 Å². The lowest BCUT2D eigenvalue weighted by Crippen LogP contribution is -2.80. The summed E-state index contributed by atoms with van der Waals surface area (Å²) in [5.74, 6) is 0. The molecule has 4 radical (unpaired) electrons. The van der Waals surface area contributed by atoms with Crippen LogP contribution in [-0.2, 0) is 57.6 Å². The van der Waals surface area contributed by atoms with Crippen LogP contribution in [0.1, 0.15) is 0 Å². The molecule has 34 heavy (non-hydrogen) atoms. The first-order valence-electron chi connectivity index (χ1n) is 10.6. The normalized spacial score (nSPS) is 47.6. The summed E-state index contributed by atoms with van der Waals surface area (Å²) in [6, 6.07) is 0. The molecule has 0 aliphatic carbocycles. The summed E-state index contributed by atoms with van der Waals surface area (Å²) in [4.78, 5) is 0. The SMILES string of the molecule is C[Si](C)O[Si]12O[SiH]3O[SiH]4O[SiH]5O[SiH](O3)[Si](O[Si](C)C)(O1)O[Si](O[Si](C)C)(O5)O[Si]4(O[Si](C)C)O2. The Bertz CT molecular complexity index is 689. The van der Waals surface area contributed by atoms with Crippen LogP contribution in [0.15, 0.2) is 0 Å². The monoisotopic (exact) mass is 684 g/mol. The molecule has 0 amide bonds. The molecule has 0 aromatic rings. The van der Waals surface area contributed by atoms with E-state index in [2.05, 4.69) is 0 Å². The molecule has 0 N–H and O–H groups in total. The Balaban J connectivity index is 1.74. The predicted octanol–water partition coefficient (Wildman–Crippen LogP) is -1.93. The van der Waals surface area contributed by atoms with Gasteiger partial charge < -0.3 is 57.6 Å². The summed E-state index contributed by atoms with van der Waals surface area (Å²) in [5.41, 5.74) is 0. The topological polar surface area (TPSA) is 129 Å². The molecule has 192 valence electrons. The van der Waals surface area contributed by atoms with Crippen LogP contribution < -0.4 is 0 Å². The molecule has 4 fully saturated rings. The molecule has 0 saturated carbocycles. The standard InChI is InChI=1S/C8H28O14Si12/c1-23(2)13-31-17-27-9-29-11-28-12-30(10-27)34(20-31,16-26(7)8)22-32(18-28,14-24(3)4)21-33(29,19-31)15-25(5)6/h27-30H,1-8H3. The Morgan fingerprint density at radius 2 is 0.765 bits per heavy atom. The molecule has 0 spiro atoms. The Morgan fingerprint density at radius 3 is 1.03 bits per heavy atom. The van der Waals surface area contributed by atoms with Crippen molar-refractivity contribution in [1.82, 2.24) is 0 Å². The summed E-state index contributed by atoms with van der Waals surface area (Å²) >= 11 is 0. The van der Waals surface area contributed by atoms with Crippen molar-refractivity contribution in [2.45, 2.75) is 52.4 Å². The van der Waals surface area contributed by atoms with E-state index < -0.39 is 108 Å². The molecule has 4 aliphatic heterocycles. The van der Waals surface area contributed by atoms with Gasteiger partial charge in [0.15, 0.2) is 36.2 Å². The summed E-state index contributed by atoms with van der Waals surface area (Å²) in [7, 11) is -32.6. The molecule has 4 bridgehead atoms. The molecular weight excluding hydrogens is 657 g/mol. The quantitative estimate of drug-likeness (QED) is 0.263. The van der Waals surface area contributed by atoms with Crippen molar-refractivity contribution in [2.75, 3.05) is 0 Å². The van der Waals surface area contributed by atoms with E-state index in [1.165, 1.54) is 0 Å². The van der Waals surface area contributed by atoms with Gasteiger partial charge in [0.25, 0.3) is 0 Å². The molecule has 4 heterocycles. The highest BCUT2D eigenvalue weighted by molar-refractivity contribution is 7.32. The van der Waals surface area contributed by atoms with E-state index in [4.69, 9.17) is 57.6 Å². The zero-order chi connectivity index (χ0) is 24.5. The maximum atomic E-state index is 6.77. The van der Waals surface area contributed by atoms with E-state index in [1.807, 2.05) is 52.4 Å². The fourth-order valence-corrected chi connectivity index (χ4v) is 69.0. The molecule has 14 nitrogen and oxygen atoms in total. The minimum Gasteiger partial charge on any atom is -0.416 e. The first-order valence-corrected chi connectivity index (χ1v) is 35.3. The zero-order valence-electron chi connectivity index (χ0n) is 20.0. The second-order valence-electron chi connectivity index (χ2n) is 8.68. The van der Waals surface area contributed by atoms with Crippen LogP contribution in [-0.4, -0.2) is 108 Å². The third-order valence-electron chi connectivity index (χ3n) is 4.42. The predicted molar refractivity (Wildman–Crippen MR) is 137 cm³/mol. The van der Waals surface area contributed by atoms with Crippen LogP contribution in [0.4, 0.5) is 0 Å². The lowest BCUT2D eigenvalue weighted by Gasteiger charge is -2.47. The minimum atomic E-state index is -3.96. The highest BCUT2D eigenvalue weighted by atomic mass is 29.3. The number of rotatable bonds is 8. The molecule has 0 unspecified atom stereocenters. The summed E-state index contributed by atoms with van der Waals surface area (Å²) in [5, 5.41) is 0. The van der Waals surface area contributed by atoms with Gasteiger partial charge in [0, 0.05) is 0 Å². The van der Waals surface area contributed by atoms with E-state index >= 15 is 0 Å². The molecule has 4 rings (SSSR count). The first-order chi connectivity index (χ1) is 15.9. The average molecular weight is 685 g/mol. The van der Waals surface area contributed by atoms with Crippen molar-refractivity contribution in [3.8, 4) is 0 Å². The maximum Gasteiger partial charge on any atom is 0.646 e. The Morgan fingerprint density at radius 1 is 0.471 bits per heavy atom. The van der Waals surface area contributed by atoms with Crippen molar-refractivity contribution in [3.63, 3.8) is 0 Å². The third kappa shape index (κ3) is 5.26. The van der Waals surface area contributed by atoms with Crippen LogP contribution in [0.2, 0.25) is 52.4 Å². The van der Waals surface area contributed by atoms with Gasteiger partial charge in [-0.1, -0.05) is 0 Å². The second kappa shape index (κ2) is 9.90. The van der Waals surface area contributed by atoms with E-state index in [0.29, 0.717) is 0 Å². The Hall–Kier alpha value is 2.04. The molecule has 0 aromatic carbocycles.